The van der Waals surface area contributed by atoms with Gasteiger partial charge in [-0.25, -0.2) is 4.98 Å². The van der Waals surface area contributed by atoms with Crippen molar-refractivity contribution >= 4 is 27.4 Å². The van der Waals surface area contributed by atoms with Crippen LogP contribution in [0.5, 0.6) is 0 Å². The number of thiazole rings is 1. The predicted octanol–water partition coefficient (Wildman–Crippen LogP) is 6.37. The zero-order valence-electron chi connectivity index (χ0n) is 16.5. The lowest BCUT2D eigenvalue weighted by atomic mass is 10.0. The first-order chi connectivity index (χ1) is 14.7. The molecule has 5 aromatic rings. The fraction of sp³-hybridized carbons (Fsp3) is 0.0800. The minimum Gasteiger partial charge on any atom is -0.369 e. The molecule has 2 heterocycles. The number of aromatic nitrogens is 2. The van der Waals surface area contributed by atoms with E-state index in [1.807, 2.05) is 73.8 Å². The summed E-state index contributed by atoms with van der Waals surface area (Å²) in [6.45, 7) is 2.00. The van der Waals surface area contributed by atoms with Crippen LogP contribution < -0.4 is 5.32 Å². The molecule has 0 saturated carbocycles. The van der Waals surface area contributed by atoms with Crippen LogP contribution in [0.15, 0.2) is 85.1 Å². The topological polar surface area (TPSA) is 60.9 Å². The van der Waals surface area contributed by atoms with Gasteiger partial charge >= 0.3 is 0 Å². The molecule has 0 radical (unpaired) electrons. The van der Waals surface area contributed by atoms with E-state index in [0.29, 0.717) is 0 Å². The van der Waals surface area contributed by atoms with Crippen molar-refractivity contribution in [3.8, 4) is 21.7 Å². The van der Waals surface area contributed by atoms with E-state index in [2.05, 4.69) is 28.5 Å². The van der Waals surface area contributed by atoms with Crippen molar-refractivity contribution in [2.24, 2.45) is 0 Å². The normalized spacial score (nSPS) is 12.2. The van der Waals surface area contributed by atoms with Gasteiger partial charge in [-0.15, -0.1) is 11.3 Å². The summed E-state index contributed by atoms with van der Waals surface area (Å²) in [6, 6.07) is 26.2. The van der Waals surface area contributed by atoms with Gasteiger partial charge in [0.05, 0.1) is 15.8 Å². The lowest BCUT2D eigenvalue weighted by Gasteiger charge is -2.17. The van der Waals surface area contributed by atoms with Gasteiger partial charge in [0.15, 0.2) is 6.23 Å². The maximum atomic E-state index is 10.9. The Labute approximate surface area is 178 Å². The van der Waals surface area contributed by atoms with Crippen molar-refractivity contribution in [2.75, 3.05) is 5.32 Å². The van der Waals surface area contributed by atoms with Crippen LogP contribution in [0.2, 0.25) is 0 Å². The number of fused-ring (bicyclic) bond motifs is 1. The summed E-state index contributed by atoms with van der Waals surface area (Å²) in [6.07, 6.45) is 1.14. The highest BCUT2D eigenvalue weighted by atomic mass is 32.1. The van der Waals surface area contributed by atoms with E-state index in [9.17, 15) is 5.11 Å². The van der Waals surface area contributed by atoms with Gasteiger partial charge in [-0.2, -0.15) is 0 Å². The van der Waals surface area contributed by atoms with E-state index in [4.69, 9.17) is 4.98 Å². The van der Waals surface area contributed by atoms with Crippen molar-refractivity contribution in [1.29, 1.82) is 0 Å². The number of nitrogens with one attached hydrogen (secondary N) is 2. The Balaban J connectivity index is 1.63. The average molecular weight is 412 g/mol. The van der Waals surface area contributed by atoms with Crippen LogP contribution in [-0.4, -0.2) is 15.1 Å². The first kappa shape index (κ1) is 18.6. The molecule has 5 heteroatoms. The van der Waals surface area contributed by atoms with E-state index in [1.54, 1.807) is 11.3 Å². The summed E-state index contributed by atoms with van der Waals surface area (Å²) in [7, 11) is 0. The fourth-order valence-electron chi connectivity index (χ4n) is 3.69. The SMILES string of the molecule is Cc1ccccc1C(O)Nc1[nH]cc(-c2ccccc2)c1-c1nc2ccccc2s1. The smallest absolute Gasteiger partial charge is 0.152 e. The second kappa shape index (κ2) is 7.78. The quantitative estimate of drug-likeness (QED) is 0.295. The molecule has 0 saturated heterocycles. The van der Waals surface area contributed by atoms with Crippen LogP contribution in [0.4, 0.5) is 5.82 Å². The Morgan fingerprint density at radius 3 is 2.47 bits per heavy atom. The Morgan fingerprint density at radius 2 is 1.67 bits per heavy atom. The molecule has 2 aromatic heterocycles. The molecule has 0 bridgehead atoms. The van der Waals surface area contributed by atoms with Crippen LogP contribution in [0.1, 0.15) is 17.4 Å². The van der Waals surface area contributed by atoms with E-state index in [0.717, 1.165) is 48.9 Å². The summed E-state index contributed by atoms with van der Waals surface area (Å²) >= 11 is 1.65. The van der Waals surface area contributed by atoms with Crippen LogP contribution in [0, 0.1) is 6.92 Å². The third-order valence-electron chi connectivity index (χ3n) is 5.24. The Hall–Kier alpha value is -3.41. The summed E-state index contributed by atoms with van der Waals surface area (Å²) in [5.41, 5.74) is 5.98. The molecule has 0 fully saturated rings. The number of para-hydroxylation sites is 1. The summed E-state index contributed by atoms with van der Waals surface area (Å²) in [5, 5.41) is 15.1. The number of nitrogens with zero attached hydrogens (tertiary/aromatic N) is 1. The highest BCUT2D eigenvalue weighted by Gasteiger charge is 2.21. The van der Waals surface area contributed by atoms with Crippen molar-refractivity contribution in [3.05, 3.63) is 96.2 Å². The molecule has 0 aliphatic rings. The van der Waals surface area contributed by atoms with E-state index in [1.165, 1.54) is 0 Å². The summed E-state index contributed by atoms with van der Waals surface area (Å²) in [5.74, 6) is 0.753. The fourth-order valence-corrected chi connectivity index (χ4v) is 4.72. The van der Waals surface area contributed by atoms with Gasteiger partial charge in [-0.1, -0.05) is 66.7 Å². The van der Waals surface area contributed by atoms with Crippen LogP contribution in [-0.2, 0) is 0 Å². The molecule has 3 N–H and O–H groups in total. The number of aliphatic hydroxyl groups is 1. The van der Waals surface area contributed by atoms with E-state index in [-0.39, 0.29) is 0 Å². The molecule has 148 valence electrons. The molecule has 30 heavy (non-hydrogen) atoms. The number of benzene rings is 3. The largest absolute Gasteiger partial charge is 0.369 e. The van der Waals surface area contributed by atoms with Crippen LogP contribution in [0.3, 0.4) is 0 Å². The Bertz CT molecular complexity index is 1270. The van der Waals surface area contributed by atoms with Gasteiger partial charge in [-0.3, -0.25) is 0 Å². The van der Waals surface area contributed by atoms with Gasteiger partial charge in [0.25, 0.3) is 0 Å². The second-order valence-corrected chi connectivity index (χ2v) is 8.24. The predicted molar refractivity (Wildman–Crippen MR) is 125 cm³/mol. The van der Waals surface area contributed by atoms with E-state index < -0.39 is 6.23 Å². The number of aromatic amines is 1. The molecule has 3 aromatic carbocycles. The minimum absolute atomic E-state index is 0.753. The third-order valence-corrected chi connectivity index (χ3v) is 6.29. The number of H-pyrrole nitrogens is 1. The van der Waals surface area contributed by atoms with Gasteiger partial charge in [0.1, 0.15) is 10.8 Å². The van der Waals surface area contributed by atoms with E-state index >= 15 is 0 Å². The number of hydrogen-bond acceptors (Lipinski definition) is 4. The highest BCUT2D eigenvalue weighted by molar-refractivity contribution is 7.21. The Morgan fingerprint density at radius 1 is 0.933 bits per heavy atom. The van der Waals surface area contributed by atoms with Gasteiger partial charge < -0.3 is 15.4 Å². The summed E-state index contributed by atoms with van der Waals surface area (Å²) in [4.78, 5) is 8.21. The van der Waals surface area contributed by atoms with Gasteiger partial charge in [-0.05, 0) is 30.2 Å². The monoisotopic (exact) mass is 411 g/mol. The zero-order chi connectivity index (χ0) is 20.5. The van der Waals surface area contributed by atoms with Crippen molar-refractivity contribution in [3.63, 3.8) is 0 Å². The molecule has 0 amide bonds. The molecule has 0 aliphatic carbocycles. The Kier molecular flexibility index (Phi) is 4.83. The third kappa shape index (κ3) is 3.38. The maximum Gasteiger partial charge on any atom is 0.152 e. The maximum absolute atomic E-state index is 10.9. The molecule has 1 unspecified atom stereocenters. The molecule has 0 spiro atoms. The highest BCUT2D eigenvalue weighted by Crippen LogP contribution is 2.42. The molecular weight excluding hydrogens is 390 g/mol. The molecule has 1 atom stereocenters. The number of aryl methyl sites for hydroxylation is 1. The lowest BCUT2D eigenvalue weighted by molar-refractivity contribution is 0.207. The molecule has 4 nitrogen and oxygen atoms in total. The number of hydrogen-bond donors (Lipinski definition) is 3. The first-order valence-corrected chi connectivity index (χ1v) is 10.7. The zero-order valence-corrected chi connectivity index (χ0v) is 17.3. The van der Waals surface area contributed by atoms with Crippen LogP contribution in [0.25, 0.3) is 31.9 Å². The molecule has 5 rings (SSSR count). The average Bonchev–Trinajstić information content (AvgIpc) is 3.38. The molecular formula is C25H21N3OS. The van der Waals surface area contributed by atoms with Gasteiger partial charge in [0.2, 0.25) is 0 Å². The standard InChI is InChI=1S/C25H21N3OS/c1-16-9-5-6-12-18(16)24(29)28-23-22(19(15-26-23)17-10-3-2-4-11-17)25-27-20-13-7-8-14-21(20)30-25/h2-15,24,26,28-29H,1H3. The lowest BCUT2D eigenvalue weighted by Crippen LogP contribution is -2.11. The molecule has 0 aliphatic heterocycles. The minimum atomic E-state index is -0.832. The number of rotatable bonds is 5. The summed E-state index contributed by atoms with van der Waals surface area (Å²) < 4.78 is 1.14. The van der Waals surface area contributed by atoms with Crippen LogP contribution >= 0.6 is 11.3 Å². The number of anilines is 1. The van der Waals surface area contributed by atoms with Crippen molar-refractivity contribution < 1.29 is 5.11 Å². The van der Waals surface area contributed by atoms with Crippen molar-refractivity contribution in [1.82, 2.24) is 9.97 Å². The second-order valence-electron chi connectivity index (χ2n) is 7.21. The number of aliphatic hydroxyl groups excluding tert-OH is 1. The first-order valence-electron chi connectivity index (χ1n) is 9.83. The van der Waals surface area contributed by atoms with Gasteiger partial charge in [0, 0.05) is 17.3 Å². The van der Waals surface area contributed by atoms with Crippen molar-refractivity contribution in [2.45, 2.75) is 13.2 Å².